The number of carbonyl (C=O) groups excluding carboxylic acids is 1. The van der Waals surface area contributed by atoms with Gasteiger partial charge in [0.15, 0.2) is 17.9 Å². The van der Waals surface area contributed by atoms with Crippen LogP contribution in [0.15, 0.2) is 18.2 Å². The van der Waals surface area contributed by atoms with Crippen molar-refractivity contribution >= 4 is 15.9 Å². The molecular formula is C22H34FN3O5S. The Morgan fingerprint density at radius 3 is 2.66 bits per heavy atom. The predicted molar refractivity (Wildman–Crippen MR) is 119 cm³/mol. The van der Waals surface area contributed by atoms with Gasteiger partial charge in [-0.1, -0.05) is 26.3 Å². The topological polar surface area (TPSA) is 108 Å². The van der Waals surface area contributed by atoms with Gasteiger partial charge in [-0.2, -0.15) is 0 Å². The molecule has 0 aromatic heterocycles. The minimum absolute atomic E-state index is 0.0256. The van der Waals surface area contributed by atoms with E-state index in [1.165, 1.54) is 6.07 Å². The first-order valence-electron chi connectivity index (χ1n) is 11.3. The molecule has 2 unspecified atom stereocenters. The average Bonchev–Trinajstić information content (AvgIpc) is 3.49. The van der Waals surface area contributed by atoms with Crippen LogP contribution in [-0.4, -0.2) is 56.1 Å². The Morgan fingerprint density at radius 2 is 2.03 bits per heavy atom. The summed E-state index contributed by atoms with van der Waals surface area (Å²) in [4.78, 5) is 12.9. The fourth-order valence-electron chi connectivity index (χ4n) is 3.69. The Morgan fingerprint density at radius 1 is 1.28 bits per heavy atom. The molecule has 2 fully saturated rings. The zero-order valence-corrected chi connectivity index (χ0v) is 19.5. The fraction of sp³-hybridized carbons (Fsp3) is 0.682. The molecule has 1 heterocycles. The van der Waals surface area contributed by atoms with Crippen molar-refractivity contribution < 1.29 is 27.4 Å². The van der Waals surface area contributed by atoms with Crippen LogP contribution in [0.4, 0.5) is 4.39 Å². The van der Waals surface area contributed by atoms with E-state index in [1.54, 1.807) is 17.0 Å². The van der Waals surface area contributed by atoms with Crippen molar-refractivity contribution in [2.24, 2.45) is 11.8 Å². The summed E-state index contributed by atoms with van der Waals surface area (Å²) in [6.45, 7) is 4.98. The highest BCUT2D eigenvalue weighted by Crippen LogP contribution is 2.32. The summed E-state index contributed by atoms with van der Waals surface area (Å²) >= 11 is 0. The van der Waals surface area contributed by atoms with Gasteiger partial charge >= 0.3 is 0 Å². The Bertz CT molecular complexity index is 892. The van der Waals surface area contributed by atoms with Crippen LogP contribution < -0.4 is 14.8 Å². The Labute approximate surface area is 189 Å². The Kier molecular flexibility index (Phi) is 8.49. The van der Waals surface area contributed by atoms with Crippen LogP contribution in [0.2, 0.25) is 0 Å². The van der Waals surface area contributed by atoms with E-state index in [1.807, 2.05) is 13.8 Å². The number of nitrogens with zero attached hydrogens (tertiary/aromatic N) is 1. The number of halogens is 1. The maximum Gasteiger partial charge on any atom is 0.237 e. The summed E-state index contributed by atoms with van der Waals surface area (Å²) in [6.07, 6.45) is 3.03. The number of benzene rings is 1. The van der Waals surface area contributed by atoms with E-state index in [4.69, 9.17) is 4.74 Å². The van der Waals surface area contributed by atoms with E-state index in [9.17, 15) is 22.7 Å². The number of hydrogen-bond acceptors (Lipinski definition) is 6. The molecule has 3 N–H and O–H groups in total. The zero-order chi connectivity index (χ0) is 23.3. The Hall–Kier alpha value is -1.75. The molecular weight excluding hydrogens is 437 g/mol. The number of hydrogen-bond donors (Lipinski definition) is 3. The molecule has 1 saturated carbocycles. The van der Waals surface area contributed by atoms with Crippen molar-refractivity contribution in [3.63, 3.8) is 0 Å². The number of amides is 1. The SMILES string of the molecule is CC(C)C(NS(=O)(=O)CCCCCN1CC(=O)NC1O)c1ccc(F)c(OCC2CC2)c1. The zero-order valence-electron chi connectivity index (χ0n) is 18.7. The number of rotatable bonds is 13. The van der Waals surface area contributed by atoms with Gasteiger partial charge in [0.2, 0.25) is 15.9 Å². The van der Waals surface area contributed by atoms with Crippen molar-refractivity contribution in [2.45, 2.75) is 58.3 Å². The molecule has 1 aromatic rings. The van der Waals surface area contributed by atoms with Crippen LogP contribution in [0.5, 0.6) is 5.75 Å². The van der Waals surface area contributed by atoms with Gasteiger partial charge in [-0.15, -0.1) is 0 Å². The quantitative estimate of drug-likeness (QED) is 0.380. The largest absolute Gasteiger partial charge is 0.490 e. The standard InChI is InChI=1S/C22H34FN3O5S/c1-15(2)21(17-8-9-18(23)19(12-17)31-14-16-6-7-16)25-32(29,30)11-5-3-4-10-26-13-20(27)24-22(26)28/h8-9,12,15-16,21-22,25,28H,3-7,10-11,13-14H2,1-2H3,(H,24,27). The molecule has 1 aromatic carbocycles. The molecule has 180 valence electrons. The van der Waals surface area contributed by atoms with Crippen LogP contribution in [0.3, 0.4) is 0 Å². The van der Waals surface area contributed by atoms with Gasteiger partial charge in [-0.25, -0.2) is 17.5 Å². The van der Waals surface area contributed by atoms with Crippen molar-refractivity contribution in [1.29, 1.82) is 0 Å². The minimum atomic E-state index is -3.55. The molecule has 3 rings (SSSR count). The van der Waals surface area contributed by atoms with Gasteiger partial charge in [0.05, 0.1) is 18.9 Å². The van der Waals surface area contributed by atoms with Gasteiger partial charge in [0.25, 0.3) is 0 Å². The molecule has 2 aliphatic rings. The average molecular weight is 472 g/mol. The number of sulfonamides is 1. The third-order valence-electron chi connectivity index (χ3n) is 5.80. The van der Waals surface area contributed by atoms with E-state index >= 15 is 0 Å². The monoisotopic (exact) mass is 471 g/mol. The van der Waals surface area contributed by atoms with E-state index in [-0.39, 0.29) is 29.9 Å². The maximum absolute atomic E-state index is 14.1. The molecule has 8 nitrogen and oxygen atoms in total. The lowest BCUT2D eigenvalue weighted by Gasteiger charge is -2.23. The second kappa shape index (κ2) is 10.9. The molecule has 1 saturated heterocycles. The van der Waals surface area contributed by atoms with E-state index in [2.05, 4.69) is 10.0 Å². The van der Waals surface area contributed by atoms with Gasteiger partial charge < -0.3 is 15.2 Å². The number of ether oxygens (including phenoxy) is 1. The summed E-state index contributed by atoms with van der Waals surface area (Å²) in [7, 11) is -3.55. The molecule has 1 aliphatic heterocycles. The predicted octanol–water partition coefficient (Wildman–Crippen LogP) is 2.11. The summed E-state index contributed by atoms with van der Waals surface area (Å²) in [5, 5.41) is 12.1. The molecule has 1 aliphatic carbocycles. The number of unbranched alkanes of at least 4 members (excludes halogenated alkanes) is 2. The highest BCUT2D eigenvalue weighted by Gasteiger charge is 2.27. The first-order valence-corrected chi connectivity index (χ1v) is 12.9. The maximum atomic E-state index is 14.1. The van der Waals surface area contributed by atoms with Crippen LogP contribution in [-0.2, 0) is 14.8 Å². The number of aliphatic hydroxyl groups excluding tert-OH is 1. The van der Waals surface area contributed by atoms with Crippen molar-refractivity contribution in [3.8, 4) is 5.75 Å². The second-order valence-corrected chi connectivity index (χ2v) is 10.9. The fourth-order valence-corrected chi connectivity index (χ4v) is 5.19. The van der Waals surface area contributed by atoms with Crippen LogP contribution >= 0.6 is 0 Å². The molecule has 10 heteroatoms. The van der Waals surface area contributed by atoms with Crippen LogP contribution in [0, 0.1) is 17.7 Å². The first-order chi connectivity index (χ1) is 15.1. The van der Waals surface area contributed by atoms with Crippen LogP contribution in [0.1, 0.15) is 57.6 Å². The van der Waals surface area contributed by atoms with Gasteiger partial charge in [0.1, 0.15) is 0 Å². The van der Waals surface area contributed by atoms with Crippen LogP contribution in [0.25, 0.3) is 0 Å². The number of aliphatic hydroxyl groups is 1. The van der Waals surface area contributed by atoms with Crippen molar-refractivity contribution in [2.75, 3.05) is 25.4 Å². The molecule has 0 bridgehead atoms. The third kappa shape index (κ3) is 7.40. The van der Waals surface area contributed by atoms with Gasteiger partial charge in [-0.05, 0) is 55.2 Å². The highest BCUT2D eigenvalue weighted by atomic mass is 32.2. The molecule has 2 atom stereocenters. The van der Waals surface area contributed by atoms with E-state index < -0.39 is 28.2 Å². The second-order valence-electron chi connectivity index (χ2n) is 9.07. The lowest BCUT2D eigenvalue weighted by molar-refractivity contribution is -0.119. The molecule has 0 radical (unpaired) electrons. The van der Waals surface area contributed by atoms with Crippen molar-refractivity contribution in [3.05, 3.63) is 29.6 Å². The lowest BCUT2D eigenvalue weighted by Crippen LogP contribution is -2.36. The number of carbonyl (C=O) groups is 1. The lowest BCUT2D eigenvalue weighted by atomic mass is 9.97. The molecule has 0 spiro atoms. The van der Waals surface area contributed by atoms with E-state index in [0.717, 1.165) is 12.8 Å². The third-order valence-corrected chi connectivity index (χ3v) is 7.24. The summed E-state index contributed by atoms with van der Waals surface area (Å²) in [5.74, 6) is -0.0690. The normalized spacial score (nSPS) is 20.5. The summed E-state index contributed by atoms with van der Waals surface area (Å²) in [5.41, 5.74) is 0.677. The summed E-state index contributed by atoms with van der Waals surface area (Å²) < 4.78 is 47.9. The molecule has 1 amide bonds. The smallest absolute Gasteiger partial charge is 0.237 e. The van der Waals surface area contributed by atoms with Gasteiger partial charge in [0, 0.05) is 12.6 Å². The highest BCUT2D eigenvalue weighted by molar-refractivity contribution is 7.89. The minimum Gasteiger partial charge on any atom is -0.490 e. The van der Waals surface area contributed by atoms with Gasteiger partial charge in [-0.3, -0.25) is 9.69 Å². The van der Waals surface area contributed by atoms with E-state index in [0.29, 0.717) is 43.9 Å². The first kappa shape index (κ1) is 24.9. The van der Waals surface area contributed by atoms with Crippen molar-refractivity contribution in [1.82, 2.24) is 14.9 Å². The molecule has 32 heavy (non-hydrogen) atoms. The summed E-state index contributed by atoms with van der Waals surface area (Å²) in [6, 6.07) is 4.04. The Balaban J connectivity index is 1.50. The number of nitrogens with one attached hydrogen (secondary N) is 2.